The van der Waals surface area contributed by atoms with Crippen molar-refractivity contribution in [1.82, 2.24) is 0 Å². The van der Waals surface area contributed by atoms with Gasteiger partial charge in [-0.25, -0.2) is 4.79 Å². The molecule has 3 atom stereocenters. The number of isocyanates is 1. The summed E-state index contributed by atoms with van der Waals surface area (Å²) in [6.45, 7) is 9.06. The van der Waals surface area contributed by atoms with Gasteiger partial charge in [-0.2, -0.15) is 4.99 Å². The highest BCUT2D eigenvalue weighted by molar-refractivity contribution is 5.43. The van der Waals surface area contributed by atoms with Crippen molar-refractivity contribution in [2.75, 3.05) is 0 Å². The topological polar surface area (TPSA) is 29.4 Å². The fourth-order valence-electron chi connectivity index (χ4n) is 5.07. The average molecular weight is 297 g/mol. The molecule has 1 fully saturated rings. The van der Waals surface area contributed by atoms with E-state index in [1.54, 1.807) is 0 Å². The molecule has 2 heteroatoms. The van der Waals surface area contributed by atoms with Gasteiger partial charge in [-0.05, 0) is 66.5 Å². The van der Waals surface area contributed by atoms with Crippen molar-refractivity contribution < 1.29 is 4.79 Å². The van der Waals surface area contributed by atoms with Gasteiger partial charge in [-0.15, -0.1) is 0 Å². The molecule has 0 radical (unpaired) electrons. The molecule has 1 saturated carbocycles. The minimum atomic E-state index is -0.233. The first kappa shape index (κ1) is 15.5. The number of rotatable bonds is 2. The van der Waals surface area contributed by atoms with E-state index in [0.29, 0.717) is 11.8 Å². The van der Waals surface area contributed by atoms with Crippen LogP contribution in [0.15, 0.2) is 23.2 Å². The monoisotopic (exact) mass is 297 g/mol. The molecule has 2 aliphatic carbocycles. The molecule has 118 valence electrons. The van der Waals surface area contributed by atoms with Gasteiger partial charge >= 0.3 is 0 Å². The summed E-state index contributed by atoms with van der Waals surface area (Å²) in [7, 11) is 0. The molecule has 0 aromatic heterocycles. The number of fused-ring (bicyclic) bond motifs is 3. The lowest BCUT2D eigenvalue weighted by Gasteiger charge is -2.53. The van der Waals surface area contributed by atoms with E-state index in [2.05, 4.69) is 50.9 Å². The summed E-state index contributed by atoms with van der Waals surface area (Å²) >= 11 is 0. The lowest BCUT2D eigenvalue weighted by atomic mass is 9.52. The normalized spacial score (nSPS) is 33.8. The summed E-state index contributed by atoms with van der Waals surface area (Å²) in [6.07, 6.45) is 7.45. The largest absolute Gasteiger partial charge is 0.235 e. The average Bonchev–Trinajstić information content (AvgIpc) is 2.46. The van der Waals surface area contributed by atoms with Crippen molar-refractivity contribution >= 4 is 6.08 Å². The van der Waals surface area contributed by atoms with Gasteiger partial charge in [0.25, 0.3) is 0 Å². The Hall–Kier alpha value is -1.40. The number of carbonyl (C=O) groups excluding carboxylic acids is 1. The zero-order valence-electron chi connectivity index (χ0n) is 14.3. The Morgan fingerprint density at radius 3 is 2.73 bits per heavy atom. The number of benzene rings is 1. The van der Waals surface area contributed by atoms with Crippen molar-refractivity contribution in [3.63, 3.8) is 0 Å². The lowest BCUT2D eigenvalue weighted by Crippen LogP contribution is -2.51. The van der Waals surface area contributed by atoms with Crippen LogP contribution < -0.4 is 0 Å². The third-order valence-corrected chi connectivity index (χ3v) is 6.31. The molecule has 0 aliphatic heterocycles. The van der Waals surface area contributed by atoms with Gasteiger partial charge in [-0.1, -0.05) is 45.4 Å². The highest BCUT2D eigenvalue weighted by Crippen LogP contribution is 2.55. The molecule has 2 aliphatic rings. The number of nitrogens with zero attached hydrogens (tertiary/aromatic N) is 1. The second-order valence-corrected chi connectivity index (χ2v) is 7.99. The Morgan fingerprint density at radius 1 is 1.27 bits per heavy atom. The summed E-state index contributed by atoms with van der Waals surface area (Å²) in [5.74, 6) is 1.03. The Morgan fingerprint density at radius 2 is 2.05 bits per heavy atom. The predicted octanol–water partition coefficient (Wildman–Crippen LogP) is 4.91. The molecule has 1 aromatic carbocycles. The maximum atomic E-state index is 10.9. The third kappa shape index (κ3) is 2.25. The van der Waals surface area contributed by atoms with Crippen LogP contribution in [0.1, 0.15) is 76.0 Å². The summed E-state index contributed by atoms with van der Waals surface area (Å²) in [5.41, 5.74) is 4.37. The molecule has 0 amide bonds. The molecule has 22 heavy (non-hydrogen) atoms. The molecule has 0 spiro atoms. The maximum absolute atomic E-state index is 10.9. The van der Waals surface area contributed by atoms with Crippen LogP contribution in [0.3, 0.4) is 0 Å². The zero-order valence-corrected chi connectivity index (χ0v) is 14.3. The Balaban J connectivity index is 2.07. The SMILES string of the molecule is CC(C)c1ccc2c(c1)CC[C@@H]1[C@](C)(N=C=O)CCC[C@@]21C. The molecule has 3 rings (SSSR count). The van der Waals surface area contributed by atoms with Crippen LogP contribution in [0.4, 0.5) is 0 Å². The van der Waals surface area contributed by atoms with Gasteiger partial charge in [0.15, 0.2) is 0 Å². The van der Waals surface area contributed by atoms with E-state index >= 15 is 0 Å². The maximum Gasteiger partial charge on any atom is 0.235 e. The van der Waals surface area contributed by atoms with Crippen molar-refractivity contribution in [3.8, 4) is 0 Å². The van der Waals surface area contributed by atoms with Crippen LogP contribution in [0.25, 0.3) is 0 Å². The molecular formula is C20H27NO. The van der Waals surface area contributed by atoms with Gasteiger partial charge in [0.1, 0.15) is 0 Å². The van der Waals surface area contributed by atoms with Crippen molar-refractivity contribution in [2.24, 2.45) is 10.9 Å². The molecule has 1 aromatic rings. The third-order valence-electron chi connectivity index (χ3n) is 6.31. The highest BCUT2D eigenvalue weighted by atomic mass is 16.1. The molecule has 0 heterocycles. The predicted molar refractivity (Wildman–Crippen MR) is 90.1 cm³/mol. The van der Waals surface area contributed by atoms with E-state index in [4.69, 9.17) is 0 Å². The van der Waals surface area contributed by atoms with Gasteiger partial charge < -0.3 is 0 Å². The molecule has 2 nitrogen and oxygen atoms in total. The highest BCUT2D eigenvalue weighted by Gasteiger charge is 2.52. The zero-order chi connectivity index (χ0) is 16.0. The minimum absolute atomic E-state index is 0.149. The van der Waals surface area contributed by atoms with Crippen LogP contribution >= 0.6 is 0 Å². The van der Waals surface area contributed by atoms with E-state index in [1.165, 1.54) is 23.1 Å². The molecular weight excluding hydrogens is 270 g/mol. The number of hydrogen-bond donors (Lipinski definition) is 0. The quantitative estimate of drug-likeness (QED) is 0.563. The second kappa shape index (κ2) is 5.35. The number of hydrogen-bond acceptors (Lipinski definition) is 2. The summed E-state index contributed by atoms with van der Waals surface area (Å²) in [5, 5.41) is 0. The second-order valence-electron chi connectivity index (χ2n) is 7.99. The van der Waals surface area contributed by atoms with Gasteiger partial charge in [0, 0.05) is 0 Å². The van der Waals surface area contributed by atoms with Crippen molar-refractivity contribution in [3.05, 3.63) is 34.9 Å². The van der Waals surface area contributed by atoms with Crippen LogP contribution in [0.2, 0.25) is 0 Å². The Labute approximate surface area is 134 Å². The van der Waals surface area contributed by atoms with Gasteiger partial charge in [0.05, 0.1) is 5.54 Å². The fourth-order valence-corrected chi connectivity index (χ4v) is 5.07. The van der Waals surface area contributed by atoms with Crippen LogP contribution in [-0.4, -0.2) is 11.6 Å². The fraction of sp³-hybridized carbons (Fsp3) is 0.650. The minimum Gasteiger partial charge on any atom is -0.211 e. The molecule has 0 N–H and O–H groups in total. The molecule has 0 unspecified atom stereocenters. The van der Waals surface area contributed by atoms with Crippen LogP contribution in [0, 0.1) is 5.92 Å². The Bertz CT molecular complexity index is 629. The molecule has 0 bridgehead atoms. The first-order valence-electron chi connectivity index (χ1n) is 8.63. The number of aryl methyl sites for hydroxylation is 1. The van der Waals surface area contributed by atoms with Crippen molar-refractivity contribution in [1.29, 1.82) is 0 Å². The Kier molecular flexibility index (Phi) is 3.77. The lowest BCUT2D eigenvalue weighted by molar-refractivity contribution is 0.0923. The van der Waals surface area contributed by atoms with E-state index in [-0.39, 0.29) is 11.0 Å². The van der Waals surface area contributed by atoms with Gasteiger partial charge in [0.2, 0.25) is 6.08 Å². The summed E-state index contributed by atoms with van der Waals surface area (Å²) in [4.78, 5) is 15.2. The first-order valence-corrected chi connectivity index (χ1v) is 8.63. The van der Waals surface area contributed by atoms with E-state index in [1.807, 2.05) is 6.08 Å². The van der Waals surface area contributed by atoms with Crippen LogP contribution in [0.5, 0.6) is 0 Å². The van der Waals surface area contributed by atoms with Gasteiger partial charge in [-0.3, -0.25) is 0 Å². The summed E-state index contributed by atoms with van der Waals surface area (Å²) < 4.78 is 0. The first-order chi connectivity index (χ1) is 10.4. The van der Waals surface area contributed by atoms with Crippen LogP contribution in [-0.2, 0) is 16.6 Å². The van der Waals surface area contributed by atoms with E-state index < -0.39 is 0 Å². The van der Waals surface area contributed by atoms with Crippen molar-refractivity contribution in [2.45, 2.75) is 76.7 Å². The standard InChI is InChI=1S/C20H27NO/c1-14(2)15-6-8-17-16(12-15)7-9-18-19(17,3)10-5-11-20(18,4)21-13-22/h6,8,12,14,18H,5,7,9-11H2,1-4H3/t18-,19-,20+/m0/s1. The summed E-state index contributed by atoms with van der Waals surface area (Å²) in [6, 6.07) is 7.07. The van der Waals surface area contributed by atoms with E-state index in [9.17, 15) is 4.79 Å². The number of aliphatic imine (C=N–C) groups is 1. The molecule has 0 saturated heterocycles. The smallest absolute Gasteiger partial charge is 0.211 e. The van der Waals surface area contributed by atoms with E-state index in [0.717, 1.165) is 25.7 Å².